The predicted molar refractivity (Wildman–Crippen MR) is 153 cm³/mol. The molecule has 0 N–H and O–H groups in total. The lowest BCUT2D eigenvalue weighted by Crippen LogP contribution is -2.15. The fourth-order valence-electron chi connectivity index (χ4n) is 5.76. The molecule has 3 aromatic carbocycles. The second-order valence-corrected chi connectivity index (χ2v) is 11.4. The molecule has 0 radical (unpaired) electrons. The zero-order valence-electron chi connectivity index (χ0n) is 22.3. The molecule has 198 valence electrons. The van der Waals surface area contributed by atoms with Gasteiger partial charge in [0.15, 0.2) is 0 Å². The molecule has 0 nitrogen and oxygen atoms in total. The van der Waals surface area contributed by atoms with Crippen molar-refractivity contribution in [3.8, 4) is 11.1 Å². The molecule has 1 saturated carbocycles. The van der Waals surface area contributed by atoms with Gasteiger partial charge in [-0.25, -0.2) is 8.78 Å². The molecule has 0 aliphatic heterocycles. The summed E-state index contributed by atoms with van der Waals surface area (Å²) in [6.07, 6.45) is 16.7. The monoisotopic (exact) mass is 522 g/mol. The van der Waals surface area contributed by atoms with Gasteiger partial charge < -0.3 is 0 Å². The molecule has 0 saturated heterocycles. The van der Waals surface area contributed by atoms with Crippen LogP contribution in [0.25, 0.3) is 11.1 Å². The van der Waals surface area contributed by atoms with Gasteiger partial charge in [0.1, 0.15) is 16.7 Å². The molecular formula is C34H41ClF2. The summed E-state index contributed by atoms with van der Waals surface area (Å²) in [7, 11) is 0. The molecule has 0 spiro atoms. The Balaban J connectivity index is 1.15. The molecule has 0 amide bonds. The molecule has 3 heteroatoms. The average Bonchev–Trinajstić information content (AvgIpc) is 2.93. The Morgan fingerprint density at radius 3 is 1.57 bits per heavy atom. The van der Waals surface area contributed by atoms with E-state index in [9.17, 15) is 8.78 Å². The van der Waals surface area contributed by atoms with Gasteiger partial charge in [-0.15, -0.1) is 0 Å². The number of aryl methyl sites for hydroxylation is 3. The minimum Gasteiger partial charge on any atom is -0.205 e. The Morgan fingerprint density at radius 2 is 1.08 bits per heavy atom. The molecule has 0 heterocycles. The van der Waals surface area contributed by atoms with Crippen molar-refractivity contribution in [2.24, 2.45) is 11.8 Å². The van der Waals surface area contributed by atoms with E-state index in [0.29, 0.717) is 5.56 Å². The zero-order chi connectivity index (χ0) is 26.0. The summed E-state index contributed by atoms with van der Waals surface area (Å²) in [5.74, 6) is 0.233. The molecular weight excluding hydrogens is 482 g/mol. The van der Waals surface area contributed by atoms with Crippen LogP contribution in [0.4, 0.5) is 8.78 Å². The first-order chi connectivity index (χ1) is 18.0. The topological polar surface area (TPSA) is 0 Å². The van der Waals surface area contributed by atoms with Crippen molar-refractivity contribution in [2.75, 3.05) is 0 Å². The van der Waals surface area contributed by atoms with Crippen LogP contribution in [-0.4, -0.2) is 0 Å². The Bertz CT molecular complexity index is 1070. The number of rotatable bonds is 12. The van der Waals surface area contributed by atoms with Crippen molar-refractivity contribution in [2.45, 2.75) is 90.4 Å². The second kappa shape index (κ2) is 14.1. The summed E-state index contributed by atoms with van der Waals surface area (Å²) in [6, 6.07) is 20.1. The van der Waals surface area contributed by atoms with E-state index in [-0.39, 0.29) is 0 Å². The minimum atomic E-state index is -0.720. The first kappa shape index (κ1) is 27.8. The Labute approximate surface area is 227 Å². The van der Waals surface area contributed by atoms with E-state index in [2.05, 4.69) is 43.3 Å². The van der Waals surface area contributed by atoms with E-state index in [4.69, 9.17) is 11.6 Å². The van der Waals surface area contributed by atoms with Crippen LogP contribution in [0.1, 0.15) is 87.8 Å². The van der Waals surface area contributed by atoms with Gasteiger partial charge in [-0.3, -0.25) is 0 Å². The summed E-state index contributed by atoms with van der Waals surface area (Å²) in [5.41, 5.74) is 5.59. The molecule has 0 bridgehead atoms. The summed E-state index contributed by atoms with van der Waals surface area (Å²) < 4.78 is 27.6. The minimum absolute atomic E-state index is 0.447. The van der Waals surface area contributed by atoms with Crippen molar-refractivity contribution in [3.05, 3.63) is 94.0 Å². The molecule has 1 aliphatic rings. The molecule has 0 unspecified atom stereocenters. The highest BCUT2D eigenvalue weighted by Gasteiger charge is 2.21. The third-order valence-electron chi connectivity index (χ3n) is 8.26. The van der Waals surface area contributed by atoms with Gasteiger partial charge in [-0.2, -0.15) is 0 Å². The number of unbranched alkanes of at least 4 members (excludes halogenated alkanes) is 3. The van der Waals surface area contributed by atoms with Crippen LogP contribution in [0.2, 0.25) is 5.02 Å². The van der Waals surface area contributed by atoms with Crippen LogP contribution in [0.15, 0.2) is 60.7 Å². The molecule has 3 aromatic rings. The van der Waals surface area contributed by atoms with E-state index in [1.165, 1.54) is 106 Å². The number of halogens is 3. The lowest BCUT2D eigenvalue weighted by Gasteiger charge is -2.28. The number of hydrogen-bond acceptors (Lipinski definition) is 0. The summed E-state index contributed by atoms with van der Waals surface area (Å²) in [6.45, 7) is 2.27. The molecule has 1 aliphatic carbocycles. The van der Waals surface area contributed by atoms with Crippen LogP contribution in [0.5, 0.6) is 0 Å². The average molecular weight is 523 g/mol. The molecule has 37 heavy (non-hydrogen) atoms. The first-order valence-electron chi connectivity index (χ1n) is 14.3. The molecule has 0 aromatic heterocycles. The van der Waals surface area contributed by atoms with E-state index < -0.39 is 16.7 Å². The highest BCUT2D eigenvalue weighted by Crippen LogP contribution is 2.34. The quantitative estimate of drug-likeness (QED) is 0.164. The predicted octanol–water partition coefficient (Wildman–Crippen LogP) is 10.8. The number of benzene rings is 3. The maximum absolute atomic E-state index is 13.8. The largest absolute Gasteiger partial charge is 0.205 e. The van der Waals surface area contributed by atoms with Crippen molar-refractivity contribution >= 4 is 11.6 Å². The van der Waals surface area contributed by atoms with Gasteiger partial charge in [0, 0.05) is 0 Å². The Morgan fingerprint density at radius 1 is 0.622 bits per heavy atom. The van der Waals surface area contributed by atoms with Gasteiger partial charge >= 0.3 is 0 Å². The highest BCUT2D eigenvalue weighted by molar-refractivity contribution is 6.31. The van der Waals surface area contributed by atoms with E-state index in [1.807, 2.05) is 12.1 Å². The Kier molecular flexibility index (Phi) is 10.6. The van der Waals surface area contributed by atoms with Crippen LogP contribution < -0.4 is 0 Å². The third-order valence-corrected chi connectivity index (χ3v) is 8.62. The summed E-state index contributed by atoms with van der Waals surface area (Å²) in [5, 5.41) is -0.447. The normalized spacial score (nSPS) is 17.7. The van der Waals surface area contributed by atoms with Crippen molar-refractivity contribution in [1.29, 1.82) is 0 Å². The second-order valence-electron chi connectivity index (χ2n) is 11.0. The van der Waals surface area contributed by atoms with Gasteiger partial charge in [-0.05, 0) is 90.3 Å². The van der Waals surface area contributed by atoms with Crippen molar-refractivity contribution in [3.63, 3.8) is 0 Å². The van der Waals surface area contributed by atoms with Crippen molar-refractivity contribution < 1.29 is 8.78 Å². The molecule has 0 atom stereocenters. The lowest BCUT2D eigenvalue weighted by atomic mass is 9.77. The maximum atomic E-state index is 13.8. The fourth-order valence-corrected chi connectivity index (χ4v) is 5.87. The third kappa shape index (κ3) is 8.40. The lowest BCUT2D eigenvalue weighted by molar-refractivity contribution is 0.253. The zero-order valence-corrected chi connectivity index (χ0v) is 23.0. The maximum Gasteiger partial charge on any atom is 0.145 e. The summed E-state index contributed by atoms with van der Waals surface area (Å²) in [4.78, 5) is 0. The van der Waals surface area contributed by atoms with Gasteiger partial charge in [0.25, 0.3) is 0 Å². The van der Waals surface area contributed by atoms with Crippen LogP contribution in [0, 0.1) is 23.5 Å². The number of hydrogen-bond donors (Lipinski definition) is 0. The van der Waals surface area contributed by atoms with E-state index in [0.717, 1.165) is 23.8 Å². The van der Waals surface area contributed by atoms with Crippen molar-refractivity contribution in [1.82, 2.24) is 0 Å². The first-order valence-corrected chi connectivity index (χ1v) is 14.7. The highest BCUT2D eigenvalue weighted by atomic mass is 35.5. The summed E-state index contributed by atoms with van der Waals surface area (Å²) >= 11 is 5.61. The van der Waals surface area contributed by atoms with Crippen LogP contribution >= 0.6 is 11.6 Å². The standard InChI is InChI=1S/C34H41ClF2/c1-2-3-4-5-6-25-7-9-26(10-8-25)11-12-27-13-15-28(16-14-27)17-18-29-19-21-30(22-20-29)31-23-32(36)34(35)33(37)24-31/h7-10,19-24,27-28H,2-6,11-18H2,1H3. The fraction of sp³-hybridized carbons (Fsp3) is 0.471. The molecule has 1 fully saturated rings. The van der Waals surface area contributed by atoms with E-state index in [1.54, 1.807) is 0 Å². The SMILES string of the molecule is CCCCCCc1ccc(CCC2CCC(CCc3ccc(-c4cc(F)c(Cl)c(F)c4)cc3)CC2)cc1. The molecule has 4 rings (SSSR count). The smallest absolute Gasteiger partial charge is 0.145 e. The van der Waals surface area contributed by atoms with Crippen LogP contribution in [-0.2, 0) is 19.3 Å². The Hall–Kier alpha value is -2.19. The van der Waals surface area contributed by atoms with Gasteiger partial charge in [0.2, 0.25) is 0 Å². The van der Waals surface area contributed by atoms with Gasteiger partial charge in [-0.1, -0.05) is 112 Å². The van der Waals surface area contributed by atoms with E-state index >= 15 is 0 Å². The van der Waals surface area contributed by atoms with Crippen LogP contribution in [0.3, 0.4) is 0 Å². The van der Waals surface area contributed by atoms with Gasteiger partial charge in [0.05, 0.1) is 0 Å².